The number of amides is 1. The van der Waals surface area contributed by atoms with Gasteiger partial charge < -0.3 is 14.9 Å². The van der Waals surface area contributed by atoms with Crippen LogP contribution >= 0.6 is 11.8 Å². The van der Waals surface area contributed by atoms with Gasteiger partial charge in [-0.25, -0.2) is 0 Å². The van der Waals surface area contributed by atoms with Crippen molar-refractivity contribution in [1.82, 2.24) is 15.5 Å². The third-order valence-electron chi connectivity index (χ3n) is 3.36. The van der Waals surface area contributed by atoms with Gasteiger partial charge in [-0.3, -0.25) is 4.79 Å². The third-order valence-corrected chi connectivity index (χ3v) is 4.53. The maximum absolute atomic E-state index is 11.9. The maximum atomic E-state index is 11.9. The van der Waals surface area contributed by atoms with E-state index in [1.807, 2.05) is 34.0 Å². The number of aliphatic hydroxyl groups excluding tert-OH is 1. The van der Waals surface area contributed by atoms with Crippen LogP contribution in [0.3, 0.4) is 0 Å². The summed E-state index contributed by atoms with van der Waals surface area (Å²) in [7, 11) is 0. The van der Waals surface area contributed by atoms with E-state index in [2.05, 4.69) is 15.5 Å². The van der Waals surface area contributed by atoms with Crippen molar-refractivity contribution in [3.8, 4) is 0 Å². The summed E-state index contributed by atoms with van der Waals surface area (Å²) in [5.41, 5.74) is -0.133. The fourth-order valence-electron chi connectivity index (χ4n) is 1.92. The molecule has 0 aliphatic carbocycles. The van der Waals surface area contributed by atoms with Gasteiger partial charge in [-0.1, -0.05) is 25.9 Å². The van der Waals surface area contributed by atoms with Crippen LogP contribution in [0.1, 0.15) is 52.3 Å². The molecule has 0 aromatic carbocycles. The number of thioether (sulfide) groups is 1. The predicted molar refractivity (Wildman–Crippen MR) is 87.9 cm³/mol. The first-order chi connectivity index (χ1) is 10.3. The van der Waals surface area contributed by atoms with E-state index in [9.17, 15) is 9.90 Å². The lowest BCUT2D eigenvalue weighted by Crippen LogP contribution is -2.41. The van der Waals surface area contributed by atoms with Gasteiger partial charge in [-0.2, -0.15) is 16.7 Å². The summed E-state index contributed by atoms with van der Waals surface area (Å²) in [6.07, 6.45) is 3.58. The minimum Gasteiger partial charge on any atom is -0.395 e. The first-order valence-corrected chi connectivity index (χ1v) is 8.82. The Labute approximate surface area is 136 Å². The molecule has 0 fully saturated rings. The van der Waals surface area contributed by atoms with Crippen LogP contribution in [0.15, 0.2) is 4.52 Å². The number of hydrogen-bond acceptors (Lipinski definition) is 6. The lowest BCUT2D eigenvalue weighted by Gasteiger charge is -2.21. The molecule has 0 aliphatic rings. The van der Waals surface area contributed by atoms with Gasteiger partial charge in [-0.05, 0) is 19.6 Å². The molecule has 1 amide bonds. The minimum absolute atomic E-state index is 0.0180. The third kappa shape index (κ3) is 5.96. The normalized spacial score (nSPS) is 14.6. The van der Waals surface area contributed by atoms with E-state index in [-0.39, 0.29) is 29.2 Å². The van der Waals surface area contributed by atoms with E-state index in [1.54, 1.807) is 11.8 Å². The minimum atomic E-state index is -0.133. The first-order valence-electron chi connectivity index (χ1n) is 7.54. The highest BCUT2D eigenvalue weighted by atomic mass is 32.2. The molecule has 0 saturated carbocycles. The van der Waals surface area contributed by atoms with Gasteiger partial charge in [0.2, 0.25) is 11.8 Å². The van der Waals surface area contributed by atoms with Crippen LogP contribution in [0.2, 0.25) is 0 Å². The number of aliphatic hydroxyl groups is 1. The number of hydrogen-bond donors (Lipinski definition) is 2. The SMILES string of the molecule is CS[C@H](CO)[C@@H](C)NC(=O)CCCc1nc(C(C)(C)C)no1. The molecule has 6 nitrogen and oxygen atoms in total. The van der Waals surface area contributed by atoms with Crippen molar-refractivity contribution in [2.45, 2.75) is 63.7 Å². The highest BCUT2D eigenvalue weighted by Crippen LogP contribution is 2.19. The molecule has 22 heavy (non-hydrogen) atoms. The van der Waals surface area contributed by atoms with Crippen LogP contribution in [-0.4, -0.2) is 45.3 Å². The topological polar surface area (TPSA) is 88.2 Å². The molecule has 7 heteroatoms. The number of rotatable bonds is 8. The van der Waals surface area contributed by atoms with Crippen LogP contribution in [0, 0.1) is 0 Å². The molecule has 0 radical (unpaired) electrons. The zero-order valence-electron chi connectivity index (χ0n) is 14.0. The van der Waals surface area contributed by atoms with Crippen molar-refractivity contribution in [3.05, 3.63) is 11.7 Å². The summed E-state index contributed by atoms with van der Waals surface area (Å²) in [5, 5.41) is 16.1. The van der Waals surface area contributed by atoms with E-state index in [4.69, 9.17) is 4.52 Å². The Morgan fingerprint density at radius 1 is 1.45 bits per heavy atom. The Balaban J connectivity index is 2.35. The Kier molecular flexibility index (Phi) is 7.35. The van der Waals surface area contributed by atoms with Crippen molar-refractivity contribution < 1.29 is 14.4 Å². The second-order valence-electron chi connectivity index (χ2n) is 6.43. The second-order valence-corrected chi connectivity index (χ2v) is 7.51. The second kappa shape index (κ2) is 8.53. The molecule has 1 heterocycles. The highest BCUT2D eigenvalue weighted by molar-refractivity contribution is 7.99. The quantitative estimate of drug-likeness (QED) is 0.757. The summed E-state index contributed by atoms with van der Waals surface area (Å²) in [5.74, 6) is 1.24. The molecule has 1 aromatic rings. The first kappa shape index (κ1) is 19.0. The molecular weight excluding hydrogens is 302 g/mol. The maximum Gasteiger partial charge on any atom is 0.226 e. The smallest absolute Gasteiger partial charge is 0.226 e. The molecule has 0 unspecified atom stereocenters. The van der Waals surface area contributed by atoms with Crippen LogP contribution in [0.5, 0.6) is 0 Å². The average molecular weight is 329 g/mol. The summed E-state index contributed by atoms with van der Waals surface area (Å²) < 4.78 is 5.20. The van der Waals surface area contributed by atoms with E-state index in [1.165, 1.54) is 0 Å². The molecular formula is C15H27N3O3S. The average Bonchev–Trinajstić information content (AvgIpc) is 2.88. The van der Waals surface area contributed by atoms with E-state index < -0.39 is 0 Å². The fourth-order valence-corrected chi connectivity index (χ4v) is 2.54. The molecule has 1 aromatic heterocycles. The number of nitrogens with zero attached hydrogens (tertiary/aromatic N) is 2. The van der Waals surface area contributed by atoms with Crippen LogP contribution in [0.4, 0.5) is 0 Å². The van der Waals surface area contributed by atoms with Gasteiger partial charge in [0.1, 0.15) is 0 Å². The van der Waals surface area contributed by atoms with Crippen molar-refractivity contribution in [1.29, 1.82) is 0 Å². The molecule has 0 aliphatic heterocycles. The van der Waals surface area contributed by atoms with Crippen LogP contribution in [0.25, 0.3) is 0 Å². The van der Waals surface area contributed by atoms with Gasteiger partial charge in [0.15, 0.2) is 5.82 Å². The molecule has 2 atom stereocenters. The molecule has 0 bridgehead atoms. The van der Waals surface area contributed by atoms with Crippen LogP contribution in [-0.2, 0) is 16.6 Å². The fraction of sp³-hybridized carbons (Fsp3) is 0.800. The van der Waals surface area contributed by atoms with Gasteiger partial charge in [0, 0.05) is 29.5 Å². The molecule has 2 N–H and O–H groups in total. The lowest BCUT2D eigenvalue weighted by molar-refractivity contribution is -0.121. The number of nitrogens with one attached hydrogen (secondary N) is 1. The van der Waals surface area contributed by atoms with E-state index >= 15 is 0 Å². The largest absolute Gasteiger partial charge is 0.395 e. The lowest BCUT2D eigenvalue weighted by atomic mass is 9.96. The molecule has 1 rings (SSSR count). The Bertz CT molecular complexity index is 467. The summed E-state index contributed by atoms with van der Waals surface area (Å²) in [4.78, 5) is 16.2. The summed E-state index contributed by atoms with van der Waals surface area (Å²) in [6, 6.07) is -0.0524. The van der Waals surface area contributed by atoms with Crippen molar-refractivity contribution in [2.75, 3.05) is 12.9 Å². The molecule has 126 valence electrons. The number of aromatic nitrogens is 2. The molecule has 0 saturated heterocycles. The Hall–Kier alpha value is -1.08. The van der Waals surface area contributed by atoms with Gasteiger partial charge in [-0.15, -0.1) is 0 Å². The van der Waals surface area contributed by atoms with Gasteiger partial charge in [0.25, 0.3) is 0 Å². The number of carbonyl (C=O) groups is 1. The summed E-state index contributed by atoms with van der Waals surface area (Å²) in [6.45, 7) is 8.04. The standard InChI is InChI=1S/C15H27N3O3S/c1-10(11(9-19)22-5)16-12(20)7-6-8-13-17-14(18-21-13)15(2,3)4/h10-11,19H,6-9H2,1-5H3,(H,16,20)/t10-,11-/m1/s1. The van der Waals surface area contributed by atoms with Gasteiger partial charge >= 0.3 is 0 Å². The van der Waals surface area contributed by atoms with Crippen molar-refractivity contribution in [2.24, 2.45) is 0 Å². The summed E-state index contributed by atoms with van der Waals surface area (Å²) >= 11 is 1.55. The predicted octanol–water partition coefficient (Wildman–Crippen LogP) is 1.92. The van der Waals surface area contributed by atoms with Crippen molar-refractivity contribution >= 4 is 17.7 Å². The Morgan fingerprint density at radius 3 is 2.64 bits per heavy atom. The van der Waals surface area contributed by atoms with Crippen molar-refractivity contribution in [3.63, 3.8) is 0 Å². The van der Waals surface area contributed by atoms with E-state index in [0.29, 0.717) is 31.0 Å². The Morgan fingerprint density at radius 2 is 2.14 bits per heavy atom. The molecule has 0 spiro atoms. The number of aryl methyl sites for hydroxylation is 1. The zero-order chi connectivity index (χ0) is 16.8. The van der Waals surface area contributed by atoms with Gasteiger partial charge in [0.05, 0.1) is 6.61 Å². The van der Waals surface area contributed by atoms with Crippen LogP contribution < -0.4 is 5.32 Å². The van der Waals surface area contributed by atoms with E-state index in [0.717, 1.165) is 0 Å². The number of carbonyl (C=O) groups excluding carboxylic acids is 1. The zero-order valence-corrected chi connectivity index (χ0v) is 14.9. The monoisotopic (exact) mass is 329 g/mol. The highest BCUT2D eigenvalue weighted by Gasteiger charge is 2.21.